The second-order valence-corrected chi connectivity index (χ2v) is 4.29. The standard InChI is InChI=1S/C8H8BrIO/c9-7-2-1-6(3-4-11)8(10)5-7/h1-2,5,11H,3-4H2. The van der Waals surface area contributed by atoms with Crippen LogP contribution in [0, 0.1) is 3.57 Å². The van der Waals surface area contributed by atoms with Crippen molar-refractivity contribution in [1.29, 1.82) is 0 Å². The molecular formula is C8H8BrIO. The third-order valence-corrected chi connectivity index (χ3v) is 2.89. The van der Waals surface area contributed by atoms with E-state index in [1.165, 1.54) is 9.13 Å². The lowest BCUT2D eigenvalue weighted by Crippen LogP contribution is -1.93. The van der Waals surface area contributed by atoms with E-state index in [1.807, 2.05) is 18.2 Å². The third kappa shape index (κ3) is 2.72. The van der Waals surface area contributed by atoms with E-state index in [0.29, 0.717) is 0 Å². The average Bonchev–Trinajstić information content (AvgIpc) is 1.95. The van der Waals surface area contributed by atoms with Crippen LogP contribution in [0.4, 0.5) is 0 Å². The molecule has 0 aliphatic rings. The summed E-state index contributed by atoms with van der Waals surface area (Å²) < 4.78 is 2.29. The number of hydrogen-bond acceptors (Lipinski definition) is 1. The summed E-state index contributed by atoms with van der Waals surface area (Å²) in [7, 11) is 0. The van der Waals surface area contributed by atoms with Crippen LogP contribution in [-0.2, 0) is 6.42 Å². The van der Waals surface area contributed by atoms with E-state index in [2.05, 4.69) is 38.5 Å². The highest BCUT2D eigenvalue weighted by Crippen LogP contribution is 2.18. The Morgan fingerprint density at radius 2 is 2.18 bits per heavy atom. The van der Waals surface area contributed by atoms with Gasteiger partial charge in [-0.05, 0) is 46.7 Å². The molecule has 0 aliphatic carbocycles. The van der Waals surface area contributed by atoms with Gasteiger partial charge in [0.1, 0.15) is 0 Å². The topological polar surface area (TPSA) is 20.2 Å². The number of hydrogen-bond donors (Lipinski definition) is 1. The maximum absolute atomic E-state index is 8.70. The molecule has 60 valence electrons. The minimum atomic E-state index is 0.220. The van der Waals surface area contributed by atoms with Gasteiger partial charge in [-0.3, -0.25) is 0 Å². The van der Waals surface area contributed by atoms with Gasteiger partial charge in [0.25, 0.3) is 0 Å². The second-order valence-electron chi connectivity index (χ2n) is 2.21. The Balaban J connectivity index is 2.90. The first-order valence-corrected chi connectivity index (χ1v) is 5.16. The lowest BCUT2D eigenvalue weighted by Gasteiger charge is -2.01. The summed E-state index contributed by atoms with van der Waals surface area (Å²) in [6.45, 7) is 0.220. The Hall–Kier alpha value is 0.390. The highest BCUT2D eigenvalue weighted by molar-refractivity contribution is 14.1. The Morgan fingerprint density at radius 1 is 1.45 bits per heavy atom. The van der Waals surface area contributed by atoms with Crippen molar-refractivity contribution in [2.24, 2.45) is 0 Å². The molecule has 0 radical (unpaired) electrons. The van der Waals surface area contributed by atoms with Gasteiger partial charge in [-0.1, -0.05) is 22.0 Å². The molecule has 1 aromatic carbocycles. The predicted octanol–water partition coefficient (Wildman–Crippen LogP) is 2.59. The van der Waals surface area contributed by atoms with E-state index in [9.17, 15) is 0 Å². The van der Waals surface area contributed by atoms with E-state index in [-0.39, 0.29) is 6.61 Å². The van der Waals surface area contributed by atoms with Crippen molar-refractivity contribution in [3.05, 3.63) is 31.8 Å². The first kappa shape index (κ1) is 9.48. The van der Waals surface area contributed by atoms with E-state index >= 15 is 0 Å². The summed E-state index contributed by atoms with van der Waals surface area (Å²) in [4.78, 5) is 0. The van der Waals surface area contributed by atoms with Crippen LogP contribution in [0.2, 0.25) is 0 Å². The zero-order valence-corrected chi connectivity index (χ0v) is 9.59. The van der Waals surface area contributed by atoms with Crippen LogP contribution < -0.4 is 0 Å². The molecule has 0 heterocycles. The molecule has 0 saturated heterocycles. The van der Waals surface area contributed by atoms with Crippen molar-refractivity contribution in [2.75, 3.05) is 6.61 Å². The Morgan fingerprint density at radius 3 is 2.73 bits per heavy atom. The van der Waals surface area contributed by atoms with Gasteiger partial charge in [-0.25, -0.2) is 0 Å². The number of halogens is 2. The fourth-order valence-corrected chi connectivity index (χ4v) is 2.42. The van der Waals surface area contributed by atoms with Crippen LogP contribution in [0.25, 0.3) is 0 Å². The van der Waals surface area contributed by atoms with Crippen LogP contribution in [0.5, 0.6) is 0 Å². The number of benzene rings is 1. The summed E-state index contributed by atoms with van der Waals surface area (Å²) in [6.07, 6.45) is 0.742. The smallest absolute Gasteiger partial charge is 0.0471 e. The molecular weight excluding hydrogens is 319 g/mol. The second kappa shape index (κ2) is 4.42. The molecule has 3 heteroatoms. The predicted molar refractivity (Wildman–Crippen MR) is 57.6 cm³/mol. The van der Waals surface area contributed by atoms with Crippen molar-refractivity contribution >= 4 is 38.5 Å². The average molecular weight is 327 g/mol. The van der Waals surface area contributed by atoms with Crippen LogP contribution >= 0.6 is 38.5 Å². The van der Waals surface area contributed by atoms with Crippen molar-refractivity contribution in [3.8, 4) is 0 Å². The highest BCUT2D eigenvalue weighted by Gasteiger charge is 1.98. The van der Waals surface area contributed by atoms with E-state index in [4.69, 9.17) is 5.11 Å². The maximum atomic E-state index is 8.70. The van der Waals surface area contributed by atoms with E-state index in [0.717, 1.165) is 10.9 Å². The maximum Gasteiger partial charge on any atom is 0.0471 e. The molecule has 1 nitrogen and oxygen atoms in total. The van der Waals surface area contributed by atoms with Crippen LogP contribution in [0.1, 0.15) is 5.56 Å². The fourth-order valence-electron chi connectivity index (χ4n) is 0.845. The molecule has 0 atom stereocenters. The SMILES string of the molecule is OCCc1ccc(Br)cc1I. The molecule has 1 N–H and O–H groups in total. The Bertz CT molecular complexity index is 250. The Labute approximate surface area is 88.1 Å². The quantitative estimate of drug-likeness (QED) is 0.828. The highest BCUT2D eigenvalue weighted by atomic mass is 127. The van der Waals surface area contributed by atoms with Crippen molar-refractivity contribution in [2.45, 2.75) is 6.42 Å². The molecule has 1 rings (SSSR count). The van der Waals surface area contributed by atoms with Crippen LogP contribution in [-0.4, -0.2) is 11.7 Å². The molecule has 0 bridgehead atoms. The molecule has 0 aromatic heterocycles. The van der Waals surface area contributed by atoms with Gasteiger partial charge in [-0.2, -0.15) is 0 Å². The first-order valence-electron chi connectivity index (χ1n) is 3.29. The van der Waals surface area contributed by atoms with E-state index < -0.39 is 0 Å². The van der Waals surface area contributed by atoms with Crippen molar-refractivity contribution < 1.29 is 5.11 Å². The van der Waals surface area contributed by atoms with Gasteiger partial charge in [0.2, 0.25) is 0 Å². The van der Waals surface area contributed by atoms with E-state index in [1.54, 1.807) is 0 Å². The summed E-state index contributed by atoms with van der Waals surface area (Å²) in [5, 5.41) is 8.70. The number of aliphatic hydroxyl groups excluding tert-OH is 1. The number of rotatable bonds is 2. The summed E-state index contributed by atoms with van der Waals surface area (Å²) in [6, 6.07) is 6.07. The monoisotopic (exact) mass is 326 g/mol. The molecule has 0 spiro atoms. The third-order valence-electron chi connectivity index (χ3n) is 1.40. The lowest BCUT2D eigenvalue weighted by molar-refractivity contribution is 0.299. The summed E-state index contributed by atoms with van der Waals surface area (Å²) in [5.74, 6) is 0. The first-order chi connectivity index (χ1) is 5.24. The minimum Gasteiger partial charge on any atom is -0.396 e. The van der Waals surface area contributed by atoms with Gasteiger partial charge in [-0.15, -0.1) is 0 Å². The molecule has 0 amide bonds. The van der Waals surface area contributed by atoms with Crippen LogP contribution in [0.15, 0.2) is 22.7 Å². The molecule has 0 unspecified atom stereocenters. The normalized spacial score (nSPS) is 10.1. The molecule has 1 aromatic rings. The Kier molecular flexibility index (Phi) is 3.81. The zero-order chi connectivity index (χ0) is 8.27. The fraction of sp³-hybridized carbons (Fsp3) is 0.250. The molecule has 0 aliphatic heterocycles. The minimum absolute atomic E-state index is 0.220. The van der Waals surface area contributed by atoms with Gasteiger partial charge in [0.05, 0.1) is 0 Å². The van der Waals surface area contributed by atoms with Crippen LogP contribution in [0.3, 0.4) is 0 Å². The summed E-state index contributed by atoms with van der Waals surface area (Å²) >= 11 is 5.65. The van der Waals surface area contributed by atoms with Gasteiger partial charge >= 0.3 is 0 Å². The van der Waals surface area contributed by atoms with Gasteiger partial charge in [0, 0.05) is 14.6 Å². The molecule has 11 heavy (non-hydrogen) atoms. The van der Waals surface area contributed by atoms with Gasteiger partial charge in [0.15, 0.2) is 0 Å². The lowest BCUT2D eigenvalue weighted by atomic mass is 10.2. The molecule has 0 saturated carbocycles. The van der Waals surface area contributed by atoms with Crippen molar-refractivity contribution in [1.82, 2.24) is 0 Å². The summed E-state index contributed by atoms with van der Waals surface area (Å²) in [5.41, 5.74) is 1.20. The molecule has 0 fully saturated rings. The van der Waals surface area contributed by atoms with Gasteiger partial charge < -0.3 is 5.11 Å². The number of aliphatic hydroxyl groups is 1. The largest absolute Gasteiger partial charge is 0.396 e. The van der Waals surface area contributed by atoms with Crippen molar-refractivity contribution in [3.63, 3.8) is 0 Å². The zero-order valence-electron chi connectivity index (χ0n) is 5.85.